The molecule has 3 rings (SSSR count). The van der Waals surface area contributed by atoms with Crippen molar-refractivity contribution in [1.29, 1.82) is 0 Å². The molecule has 2 amide bonds. The second-order valence-electron chi connectivity index (χ2n) is 5.26. The molecular weight excluding hydrogens is 370 g/mol. The van der Waals surface area contributed by atoms with Gasteiger partial charge in [0.05, 0.1) is 23.6 Å². The molecule has 0 atom stereocenters. The molecule has 8 heteroatoms. The van der Waals surface area contributed by atoms with Gasteiger partial charge in [0.25, 0.3) is 5.91 Å². The summed E-state index contributed by atoms with van der Waals surface area (Å²) in [6, 6.07) is 10.7. The van der Waals surface area contributed by atoms with Crippen molar-refractivity contribution in [2.24, 2.45) is 0 Å². The molecule has 0 aliphatic heterocycles. The molecular formula is C18H17N3O3S2. The molecule has 0 saturated carbocycles. The average molecular weight is 387 g/mol. The lowest BCUT2D eigenvalue weighted by atomic mass is 10.2. The summed E-state index contributed by atoms with van der Waals surface area (Å²) in [6.07, 6.45) is 0.103. The molecule has 0 saturated heterocycles. The predicted molar refractivity (Wildman–Crippen MR) is 102 cm³/mol. The van der Waals surface area contributed by atoms with Crippen LogP contribution in [0, 0.1) is 0 Å². The molecule has 0 spiro atoms. The Balaban J connectivity index is 1.50. The van der Waals surface area contributed by atoms with Crippen molar-refractivity contribution in [3.8, 4) is 15.6 Å². The fraction of sp³-hybridized carbons (Fsp3) is 0.167. The molecule has 0 aliphatic rings. The third-order valence-electron chi connectivity index (χ3n) is 3.37. The van der Waals surface area contributed by atoms with Crippen LogP contribution in [-0.2, 0) is 11.2 Å². The number of carbonyl (C=O) groups is 2. The van der Waals surface area contributed by atoms with Gasteiger partial charge < -0.3 is 4.74 Å². The first-order chi connectivity index (χ1) is 12.7. The van der Waals surface area contributed by atoms with Gasteiger partial charge in [-0.25, -0.2) is 4.98 Å². The Morgan fingerprint density at radius 2 is 1.92 bits per heavy atom. The Hall–Kier alpha value is -2.71. The molecule has 2 aromatic heterocycles. The minimum atomic E-state index is -0.390. The first-order valence-corrected chi connectivity index (χ1v) is 9.72. The summed E-state index contributed by atoms with van der Waals surface area (Å²) in [4.78, 5) is 29.6. The number of hydrogen-bond acceptors (Lipinski definition) is 6. The third kappa shape index (κ3) is 4.68. The maximum Gasteiger partial charge on any atom is 0.269 e. The van der Waals surface area contributed by atoms with E-state index in [0.29, 0.717) is 23.6 Å². The number of nitrogens with zero attached hydrogens (tertiary/aromatic N) is 1. The highest BCUT2D eigenvalue weighted by atomic mass is 32.1. The van der Waals surface area contributed by atoms with Crippen molar-refractivity contribution < 1.29 is 14.3 Å². The van der Waals surface area contributed by atoms with E-state index in [1.54, 1.807) is 35.6 Å². The Bertz CT molecular complexity index is 873. The summed E-state index contributed by atoms with van der Waals surface area (Å²) >= 11 is 3.10. The molecule has 6 nitrogen and oxygen atoms in total. The van der Waals surface area contributed by atoms with Crippen molar-refractivity contribution in [2.45, 2.75) is 13.3 Å². The Morgan fingerprint density at radius 3 is 2.62 bits per heavy atom. The summed E-state index contributed by atoms with van der Waals surface area (Å²) in [6.45, 7) is 2.45. The largest absolute Gasteiger partial charge is 0.494 e. The normalized spacial score (nSPS) is 10.3. The van der Waals surface area contributed by atoms with Crippen molar-refractivity contribution in [3.63, 3.8) is 0 Å². The quantitative estimate of drug-likeness (QED) is 0.636. The molecule has 2 heterocycles. The number of benzene rings is 1. The molecule has 0 unspecified atom stereocenters. The fourth-order valence-electron chi connectivity index (χ4n) is 2.18. The van der Waals surface area contributed by atoms with Gasteiger partial charge in [-0.3, -0.25) is 20.4 Å². The van der Waals surface area contributed by atoms with Gasteiger partial charge in [-0.15, -0.1) is 22.7 Å². The van der Waals surface area contributed by atoms with Crippen LogP contribution in [0.15, 0.2) is 47.2 Å². The molecule has 0 bridgehead atoms. The zero-order valence-electron chi connectivity index (χ0n) is 14.0. The molecule has 3 aromatic rings. The smallest absolute Gasteiger partial charge is 0.269 e. The third-order valence-corrected chi connectivity index (χ3v) is 5.30. The van der Waals surface area contributed by atoms with E-state index in [-0.39, 0.29) is 18.2 Å². The maximum absolute atomic E-state index is 12.1. The van der Waals surface area contributed by atoms with Crippen LogP contribution < -0.4 is 15.6 Å². The van der Waals surface area contributed by atoms with E-state index in [9.17, 15) is 9.59 Å². The van der Waals surface area contributed by atoms with Gasteiger partial charge in [0.15, 0.2) is 0 Å². The number of thiophene rings is 1. The van der Waals surface area contributed by atoms with E-state index in [0.717, 1.165) is 9.88 Å². The van der Waals surface area contributed by atoms with Crippen LogP contribution >= 0.6 is 22.7 Å². The van der Waals surface area contributed by atoms with Gasteiger partial charge in [0.1, 0.15) is 10.8 Å². The molecule has 0 aliphatic carbocycles. The lowest BCUT2D eigenvalue weighted by Crippen LogP contribution is -2.42. The Labute approximate surface area is 158 Å². The van der Waals surface area contributed by atoms with Crippen LogP contribution in [0.3, 0.4) is 0 Å². The van der Waals surface area contributed by atoms with Crippen molar-refractivity contribution in [3.05, 3.63) is 58.4 Å². The topological polar surface area (TPSA) is 80.3 Å². The number of rotatable bonds is 6. The number of amides is 2. The van der Waals surface area contributed by atoms with E-state index < -0.39 is 0 Å². The second kappa shape index (κ2) is 8.59. The Kier molecular flexibility index (Phi) is 5.98. The van der Waals surface area contributed by atoms with E-state index in [2.05, 4.69) is 15.8 Å². The summed E-state index contributed by atoms with van der Waals surface area (Å²) < 4.78 is 5.33. The lowest BCUT2D eigenvalue weighted by molar-refractivity contribution is -0.121. The first-order valence-electron chi connectivity index (χ1n) is 7.96. The van der Waals surface area contributed by atoms with E-state index in [4.69, 9.17) is 4.74 Å². The zero-order chi connectivity index (χ0) is 18.4. The molecule has 26 heavy (non-hydrogen) atoms. The fourth-order valence-corrected chi connectivity index (χ4v) is 3.81. The van der Waals surface area contributed by atoms with Gasteiger partial charge in [0, 0.05) is 10.9 Å². The Morgan fingerprint density at radius 1 is 1.12 bits per heavy atom. The number of hydrazine groups is 1. The number of thiazole rings is 1. The predicted octanol–water partition coefficient (Wildman–Crippen LogP) is 3.27. The van der Waals surface area contributed by atoms with Gasteiger partial charge in [-0.05, 0) is 42.6 Å². The average Bonchev–Trinajstić information content (AvgIpc) is 3.32. The van der Waals surface area contributed by atoms with Crippen LogP contribution in [0.2, 0.25) is 0 Å². The molecule has 0 fully saturated rings. The van der Waals surface area contributed by atoms with Crippen molar-refractivity contribution in [2.75, 3.05) is 6.61 Å². The highest BCUT2D eigenvalue weighted by Crippen LogP contribution is 2.27. The summed E-state index contributed by atoms with van der Waals surface area (Å²) in [5.74, 6) is -0.0237. The number of nitrogens with one attached hydrogen (secondary N) is 2. The van der Waals surface area contributed by atoms with Gasteiger partial charge >= 0.3 is 0 Å². The number of hydrogen-bond donors (Lipinski definition) is 2. The van der Waals surface area contributed by atoms with E-state index in [1.807, 2.05) is 29.8 Å². The van der Waals surface area contributed by atoms with Crippen LogP contribution in [0.4, 0.5) is 0 Å². The minimum absolute atomic E-state index is 0.103. The van der Waals surface area contributed by atoms with Gasteiger partial charge in [-0.1, -0.05) is 6.07 Å². The van der Waals surface area contributed by atoms with Crippen molar-refractivity contribution in [1.82, 2.24) is 15.8 Å². The molecule has 2 N–H and O–H groups in total. The molecule has 1 aromatic carbocycles. The highest BCUT2D eigenvalue weighted by molar-refractivity contribution is 7.20. The summed E-state index contributed by atoms with van der Waals surface area (Å²) in [5.41, 5.74) is 5.92. The molecule has 134 valence electrons. The minimum Gasteiger partial charge on any atom is -0.494 e. The highest BCUT2D eigenvalue weighted by Gasteiger charge is 2.11. The van der Waals surface area contributed by atoms with Gasteiger partial charge in [-0.2, -0.15) is 0 Å². The van der Waals surface area contributed by atoms with Crippen LogP contribution in [0.1, 0.15) is 23.0 Å². The summed E-state index contributed by atoms with van der Waals surface area (Å²) in [5, 5.41) is 4.73. The lowest BCUT2D eigenvalue weighted by Gasteiger charge is -2.07. The monoisotopic (exact) mass is 387 g/mol. The van der Waals surface area contributed by atoms with Gasteiger partial charge in [0.2, 0.25) is 5.91 Å². The number of ether oxygens (including phenoxy) is 1. The van der Waals surface area contributed by atoms with Crippen molar-refractivity contribution >= 4 is 34.5 Å². The zero-order valence-corrected chi connectivity index (χ0v) is 15.7. The van der Waals surface area contributed by atoms with E-state index >= 15 is 0 Å². The van der Waals surface area contributed by atoms with E-state index in [1.165, 1.54) is 11.3 Å². The summed E-state index contributed by atoms with van der Waals surface area (Å²) in [7, 11) is 0. The van der Waals surface area contributed by atoms with Crippen LogP contribution in [0.5, 0.6) is 5.75 Å². The van der Waals surface area contributed by atoms with Crippen LogP contribution in [-0.4, -0.2) is 23.4 Å². The molecule has 0 radical (unpaired) electrons. The second-order valence-corrected chi connectivity index (χ2v) is 7.06. The maximum atomic E-state index is 12.1. The van der Waals surface area contributed by atoms with Crippen LogP contribution in [0.25, 0.3) is 9.88 Å². The SMILES string of the molecule is CCOc1ccc(C(=O)NNC(=O)Cc2csc(-c3cccs3)n2)cc1. The first kappa shape index (κ1) is 18.1. The number of carbonyl (C=O) groups excluding carboxylic acids is 2. The number of aromatic nitrogens is 1. The standard InChI is InChI=1S/C18H17N3O3S2/c1-2-24-14-7-5-12(6-8-14)17(23)21-20-16(22)10-13-11-26-18(19-13)15-4-3-9-25-15/h3-9,11H,2,10H2,1H3,(H,20,22)(H,21,23).